The fourth-order valence-electron chi connectivity index (χ4n) is 3.91. The lowest BCUT2D eigenvalue weighted by Crippen LogP contribution is -2.45. The van der Waals surface area contributed by atoms with E-state index in [1.807, 2.05) is 30.8 Å². The van der Waals surface area contributed by atoms with Crippen molar-refractivity contribution >= 4 is 40.1 Å². The van der Waals surface area contributed by atoms with Crippen LogP contribution in [0.15, 0.2) is 24.0 Å². The van der Waals surface area contributed by atoms with Crippen LogP contribution >= 0.6 is 11.6 Å². The van der Waals surface area contributed by atoms with Gasteiger partial charge in [-0.3, -0.25) is 14.9 Å². The number of nitrogen functional groups attached to an aromatic ring is 1. The fourth-order valence-corrected chi connectivity index (χ4v) is 4.09. The van der Waals surface area contributed by atoms with E-state index in [-0.39, 0.29) is 52.3 Å². The topological polar surface area (TPSA) is 159 Å². The third-order valence-corrected chi connectivity index (χ3v) is 5.89. The zero-order valence-electron chi connectivity index (χ0n) is 19.7. The molecule has 2 aromatic heterocycles. The Kier molecular flexibility index (Phi) is 7.21. The Morgan fingerprint density at radius 2 is 2.17 bits per heavy atom. The first-order valence-corrected chi connectivity index (χ1v) is 11.9. The molecule has 2 fully saturated rings. The van der Waals surface area contributed by atoms with Gasteiger partial charge in [-0.25, -0.2) is 0 Å². The molecule has 0 aromatic carbocycles. The summed E-state index contributed by atoms with van der Waals surface area (Å²) < 4.78 is 8.01. The van der Waals surface area contributed by atoms with Crippen molar-refractivity contribution in [3.05, 3.63) is 29.6 Å². The van der Waals surface area contributed by atoms with E-state index in [1.54, 1.807) is 17.2 Å². The number of aromatic nitrogens is 4. The molecule has 184 valence electrons. The maximum absolute atomic E-state index is 12.9. The number of allylic oxidation sites excluding steroid dienone is 1. The number of carbonyl (C=O) groups is 1. The van der Waals surface area contributed by atoms with Gasteiger partial charge in [0.2, 0.25) is 11.8 Å². The van der Waals surface area contributed by atoms with Crippen LogP contribution in [0.1, 0.15) is 51.1 Å². The molecule has 1 atom stereocenters. The number of ether oxygens (including phenoxy) is 1. The van der Waals surface area contributed by atoms with Crippen LogP contribution in [0.5, 0.6) is 5.88 Å². The van der Waals surface area contributed by atoms with E-state index in [4.69, 9.17) is 27.5 Å². The van der Waals surface area contributed by atoms with Gasteiger partial charge >= 0.3 is 0 Å². The average molecular weight is 498 g/mol. The van der Waals surface area contributed by atoms with Gasteiger partial charge in [-0.05, 0) is 31.6 Å². The van der Waals surface area contributed by atoms with Gasteiger partial charge in [-0.1, -0.05) is 31.5 Å². The van der Waals surface area contributed by atoms with Gasteiger partial charge in [0, 0.05) is 12.7 Å². The van der Waals surface area contributed by atoms with E-state index in [0.717, 1.165) is 12.8 Å². The van der Waals surface area contributed by atoms with E-state index < -0.39 is 6.10 Å². The highest BCUT2D eigenvalue weighted by Crippen LogP contribution is 2.35. The standard InChI is InChI=1S/C23H28ClN9O2/c1-13(2)8-14(9-25)22(34)32-7-3-4-17(12-32)35-21-18(19(24)26)20(27)30-23(31-21)29-15-10-28-33(11-15)16-5-6-16/h8,10-11,13,16-17,26H,3-7,12H2,1-2H3,(H3,27,29,30,31)/b14-8+,26-19?/t17-/m1/s1. The summed E-state index contributed by atoms with van der Waals surface area (Å²) in [5.74, 6) is 0.00512. The van der Waals surface area contributed by atoms with Gasteiger partial charge in [0.25, 0.3) is 5.91 Å². The van der Waals surface area contributed by atoms with Crippen LogP contribution in [0.2, 0.25) is 0 Å². The van der Waals surface area contributed by atoms with Gasteiger partial charge < -0.3 is 20.7 Å². The number of likely N-dealkylation sites (tertiary alicyclic amines) is 1. The average Bonchev–Trinajstić information content (AvgIpc) is 3.55. The molecule has 3 heterocycles. The molecule has 4 rings (SSSR count). The Morgan fingerprint density at radius 1 is 1.40 bits per heavy atom. The fraction of sp³-hybridized carbons (Fsp3) is 0.478. The number of hydrogen-bond donors (Lipinski definition) is 3. The quantitative estimate of drug-likeness (QED) is 0.284. The minimum atomic E-state index is -0.416. The maximum atomic E-state index is 12.9. The smallest absolute Gasteiger partial charge is 0.264 e. The molecule has 2 aromatic rings. The van der Waals surface area contributed by atoms with Crippen molar-refractivity contribution in [2.45, 2.75) is 51.7 Å². The molecular formula is C23H28ClN9O2. The third kappa shape index (κ3) is 5.89. The summed E-state index contributed by atoms with van der Waals surface area (Å²) in [6.45, 7) is 4.62. The second kappa shape index (κ2) is 10.3. The molecule has 2 aliphatic rings. The highest BCUT2D eigenvalue weighted by atomic mass is 35.5. The van der Waals surface area contributed by atoms with Gasteiger partial charge in [-0.2, -0.15) is 20.3 Å². The van der Waals surface area contributed by atoms with Crippen LogP contribution in [-0.2, 0) is 4.79 Å². The first-order valence-electron chi connectivity index (χ1n) is 11.6. The van der Waals surface area contributed by atoms with E-state index in [9.17, 15) is 10.1 Å². The number of hydrogen-bond acceptors (Lipinski definition) is 9. The Hall–Kier alpha value is -3.65. The molecule has 1 aliphatic heterocycles. The summed E-state index contributed by atoms with van der Waals surface area (Å²) in [6, 6.07) is 2.43. The van der Waals surface area contributed by atoms with E-state index in [1.165, 1.54) is 0 Å². The number of nitriles is 1. The predicted octanol–water partition coefficient (Wildman–Crippen LogP) is 3.37. The predicted molar refractivity (Wildman–Crippen MR) is 132 cm³/mol. The molecule has 0 unspecified atom stereocenters. The molecule has 4 N–H and O–H groups in total. The minimum absolute atomic E-state index is 0.00228. The van der Waals surface area contributed by atoms with Crippen LogP contribution in [0.4, 0.5) is 17.5 Å². The first-order chi connectivity index (χ1) is 16.7. The summed E-state index contributed by atoms with van der Waals surface area (Å²) in [5.41, 5.74) is 7.01. The van der Waals surface area contributed by atoms with Crippen LogP contribution < -0.4 is 15.8 Å². The van der Waals surface area contributed by atoms with Gasteiger partial charge in [0.1, 0.15) is 34.3 Å². The van der Waals surface area contributed by atoms with Crippen molar-refractivity contribution in [1.82, 2.24) is 24.6 Å². The lowest BCUT2D eigenvalue weighted by Gasteiger charge is -2.33. The van der Waals surface area contributed by atoms with Crippen molar-refractivity contribution in [2.75, 3.05) is 24.1 Å². The van der Waals surface area contributed by atoms with Crippen LogP contribution in [0, 0.1) is 22.7 Å². The highest BCUT2D eigenvalue weighted by Gasteiger charge is 2.29. The number of nitrogens with two attached hydrogens (primary N) is 1. The summed E-state index contributed by atoms with van der Waals surface area (Å²) in [7, 11) is 0. The summed E-state index contributed by atoms with van der Waals surface area (Å²) in [4.78, 5) is 23.1. The second-order valence-corrected chi connectivity index (χ2v) is 9.44. The zero-order chi connectivity index (χ0) is 25.1. The van der Waals surface area contributed by atoms with Gasteiger partial charge in [0.05, 0.1) is 24.5 Å². The zero-order valence-corrected chi connectivity index (χ0v) is 20.4. The number of nitrogens with zero attached hydrogens (tertiary/aromatic N) is 6. The third-order valence-electron chi connectivity index (χ3n) is 5.70. The number of piperidine rings is 1. The van der Waals surface area contributed by atoms with Crippen LogP contribution in [-0.4, -0.2) is 54.9 Å². The van der Waals surface area contributed by atoms with E-state index in [0.29, 0.717) is 31.1 Å². The Balaban J connectivity index is 1.53. The largest absolute Gasteiger partial charge is 0.472 e. The molecule has 0 spiro atoms. The SMILES string of the molecule is CC(C)/C=C(\C#N)C(=O)N1CCC[C@@H](Oc2nc(Nc3cnn(C4CC4)c3)nc(N)c2C(=N)Cl)C1. The number of carbonyl (C=O) groups excluding carboxylic acids is 1. The Morgan fingerprint density at radius 3 is 2.83 bits per heavy atom. The highest BCUT2D eigenvalue weighted by molar-refractivity contribution is 6.69. The molecular weight excluding hydrogens is 470 g/mol. The van der Waals surface area contributed by atoms with Crippen molar-refractivity contribution < 1.29 is 9.53 Å². The molecule has 1 saturated heterocycles. The monoisotopic (exact) mass is 497 g/mol. The molecule has 0 radical (unpaired) electrons. The van der Waals surface area contributed by atoms with Crippen molar-refractivity contribution in [1.29, 1.82) is 10.7 Å². The van der Waals surface area contributed by atoms with Gasteiger partial charge in [0.15, 0.2) is 0 Å². The molecule has 1 amide bonds. The molecule has 11 nitrogen and oxygen atoms in total. The second-order valence-electron chi connectivity index (χ2n) is 9.06. The van der Waals surface area contributed by atoms with Crippen molar-refractivity contribution in [3.63, 3.8) is 0 Å². The summed E-state index contributed by atoms with van der Waals surface area (Å²) >= 11 is 5.98. The lowest BCUT2D eigenvalue weighted by atomic mass is 10.0. The summed E-state index contributed by atoms with van der Waals surface area (Å²) in [5, 5.41) is 24.4. The Bertz CT molecular complexity index is 1200. The molecule has 35 heavy (non-hydrogen) atoms. The van der Waals surface area contributed by atoms with E-state index >= 15 is 0 Å². The number of nitrogens with one attached hydrogen (secondary N) is 2. The van der Waals surface area contributed by atoms with Crippen LogP contribution in [0.3, 0.4) is 0 Å². The van der Waals surface area contributed by atoms with Gasteiger partial charge in [-0.15, -0.1) is 0 Å². The summed E-state index contributed by atoms with van der Waals surface area (Å²) in [6.07, 6.45) is 8.37. The lowest BCUT2D eigenvalue weighted by molar-refractivity contribution is -0.129. The normalized spacial score (nSPS) is 18.3. The number of halogens is 1. The number of anilines is 3. The minimum Gasteiger partial charge on any atom is -0.472 e. The first kappa shape index (κ1) is 24.5. The molecule has 0 bridgehead atoms. The molecule has 1 saturated carbocycles. The van der Waals surface area contributed by atoms with E-state index in [2.05, 4.69) is 20.4 Å². The number of rotatable bonds is 8. The Labute approximate surface area is 208 Å². The van der Waals surface area contributed by atoms with Crippen molar-refractivity contribution in [2.24, 2.45) is 5.92 Å². The maximum Gasteiger partial charge on any atom is 0.264 e. The number of amides is 1. The molecule has 1 aliphatic carbocycles. The van der Waals surface area contributed by atoms with Crippen LogP contribution in [0.25, 0.3) is 0 Å². The van der Waals surface area contributed by atoms with Crippen molar-refractivity contribution in [3.8, 4) is 11.9 Å². The molecule has 12 heteroatoms.